The molecule has 3 fully saturated rings. The maximum Gasteiger partial charge on any atom is 0.269 e. The zero-order valence-electron chi connectivity index (χ0n) is 17.4. The molecule has 3 aromatic rings. The zero-order valence-corrected chi connectivity index (χ0v) is 17.4. The van der Waals surface area contributed by atoms with Crippen molar-refractivity contribution in [3.63, 3.8) is 0 Å². The molecule has 1 heterocycles. The first-order valence-electron chi connectivity index (χ1n) is 11.3. The second-order valence-corrected chi connectivity index (χ2v) is 9.52. The van der Waals surface area contributed by atoms with Gasteiger partial charge >= 0.3 is 0 Å². The molecule has 32 heavy (non-hydrogen) atoms. The summed E-state index contributed by atoms with van der Waals surface area (Å²) < 4.78 is 0. The lowest BCUT2D eigenvalue weighted by atomic mass is 9.78. The third-order valence-corrected chi connectivity index (χ3v) is 8.42. The summed E-state index contributed by atoms with van der Waals surface area (Å²) in [6.45, 7) is 0. The van der Waals surface area contributed by atoms with Gasteiger partial charge in [0.05, 0.1) is 22.7 Å². The largest absolute Gasteiger partial charge is 0.269 e. The minimum absolute atomic E-state index is 0.0527. The van der Waals surface area contributed by atoms with E-state index in [0.29, 0.717) is 23.7 Å². The molecule has 0 amide bonds. The molecule has 3 aromatic carbocycles. The fourth-order valence-electron chi connectivity index (χ4n) is 7.44. The van der Waals surface area contributed by atoms with Crippen LogP contribution in [-0.2, 0) is 5.41 Å². The number of non-ortho nitro benzene ring substituents is 1. The number of benzene rings is 3. The summed E-state index contributed by atoms with van der Waals surface area (Å²) in [5.74, 6) is 2.18. The molecule has 0 N–H and O–H groups in total. The highest BCUT2D eigenvalue weighted by Gasteiger charge is 2.81. The van der Waals surface area contributed by atoms with Crippen LogP contribution in [0.1, 0.15) is 17.5 Å². The van der Waals surface area contributed by atoms with Gasteiger partial charge in [-0.05, 0) is 53.4 Å². The van der Waals surface area contributed by atoms with Gasteiger partial charge in [-0.2, -0.15) is 5.11 Å². The van der Waals surface area contributed by atoms with Crippen LogP contribution in [0.3, 0.4) is 0 Å². The molecule has 1 aliphatic heterocycles. The van der Waals surface area contributed by atoms with Crippen LogP contribution in [0, 0.1) is 33.8 Å². The van der Waals surface area contributed by atoms with Crippen molar-refractivity contribution < 1.29 is 4.92 Å². The average molecular weight is 422 g/mol. The lowest BCUT2D eigenvalue weighted by molar-refractivity contribution is -0.384. The summed E-state index contributed by atoms with van der Waals surface area (Å²) >= 11 is 0. The molecule has 2 bridgehead atoms. The van der Waals surface area contributed by atoms with Gasteiger partial charge in [-0.3, -0.25) is 10.1 Å². The van der Waals surface area contributed by atoms with Gasteiger partial charge in [0.25, 0.3) is 5.69 Å². The van der Waals surface area contributed by atoms with Crippen molar-refractivity contribution in [1.29, 1.82) is 0 Å². The molecular formula is C26H22N4O2. The fraction of sp³-hybridized carbons (Fsp3) is 0.308. The van der Waals surface area contributed by atoms with Gasteiger partial charge in [-0.15, -0.1) is 0 Å². The summed E-state index contributed by atoms with van der Waals surface area (Å²) in [5, 5.41) is 22.4. The second kappa shape index (κ2) is 6.25. The van der Waals surface area contributed by atoms with E-state index >= 15 is 0 Å². The Morgan fingerprint density at radius 2 is 1.44 bits per heavy atom. The first-order valence-corrected chi connectivity index (χ1v) is 11.3. The molecular weight excluding hydrogens is 400 g/mol. The molecule has 0 unspecified atom stereocenters. The Morgan fingerprint density at radius 3 is 2.03 bits per heavy atom. The molecule has 0 spiro atoms. The quantitative estimate of drug-likeness (QED) is 0.417. The molecule has 3 aliphatic carbocycles. The van der Waals surface area contributed by atoms with E-state index in [4.69, 9.17) is 5.11 Å². The normalized spacial score (nSPS) is 32.6. The zero-order chi connectivity index (χ0) is 21.4. The van der Waals surface area contributed by atoms with Crippen LogP contribution in [0.25, 0.3) is 0 Å². The fourth-order valence-corrected chi connectivity index (χ4v) is 7.44. The van der Waals surface area contributed by atoms with Crippen molar-refractivity contribution in [1.82, 2.24) is 0 Å². The molecule has 0 aromatic heterocycles. The van der Waals surface area contributed by atoms with Gasteiger partial charge < -0.3 is 0 Å². The highest BCUT2D eigenvalue weighted by Crippen LogP contribution is 2.79. The summed E-state index contributed by atoms with van der Waals surface area (Å²) in [6, 6.07) is 29.1. The van der Waals surface area contributed by atoms with Crippen LogP contribution in [0.5, 0.6) is 0 Å². The summed E-state index contributed by atoms with van der Waals surface area (Å²) in [7, 11) is 0. The van der Waals surface area contributed by atoms with Crippen LogP contribution in [-0.4, -0.2) is 17.0 Å². The summed E-state index contributed by atoms with van der Waals surface area (Å²) in [4.78, 5) is 10.7. The Morgan fingerprint density at radius 1 is 0.844 bits per heavy atom. The molecule has 6 heteroatoms. The van der Waals surface area contributed by atoms with E-state index in [1.54, 1.807) is 24.3 Å². The Kier molecular flexibility index (Phi) is 3.53. The number of hydrogen-bond donors (Lipinski definition) is 0. The Labute approximate surface area is 185 Å². The Hall–Kier alpha value is -3.54. The molecule has 6 atom stereocenters. The van der Waals surface area contributed by atoms with E-state index in [9.17, 15) is 10.1 Å². The maximum atomic E-state index is 11.1. The first kappa shape index (κ1) is 18.1. The van der Waals surface area contributed by atoms with E-state index in [2.05, 4.69) is 65.9 Å². The Balaban J connectivity index is 1.28. The smallest absolute Gasteiger partial charge is 0.258 e. The van der Waals surface area contributed by atoms with Gasteiger partial charge in [0, 0.05) is 17.5 Å². The number of anilines is 1. The van der Waals surface area contributed by atoms with Crippen molar-refractivity contribution >= 4 is 11.4 Å². The van der Waals surface area contributed by atoms with Gasteiger partial charge in [0.15, 0.2) is 0 Å². The lowest BCUT2D eigenvalue weighted by Gasteiger charge is -2.29. The standard InChI is InChI=1S/C26H22N4O2/c31-30(32)19-13-11-18(12-14-19)29-25-21-15-20(24(25)27-28-29)22-23(21)26(22,16-7-3-1-4-8-16)17-9-5-2-6-10-17/h1-14,20-25H,15H2/t20-,21+,22-,23-,24+,25-/m0/s1. The highest BCUT2D eigenvalue weighted by molar-refractivity contribution is 5.57. The maximum absolute atomic E-state index is 11.1. The van der Waals surface area contributed by atoms with Gasteiger partial charge in [-0.25, -0.2) is 5.01 Å². The van der Waals surface area contributed by atoms with Crippen LogP contribution in [0.15, 0.2) is 95.3 Å². The van der Waals surface area contributed by atoms with Gasteiger partial charge in [0.1, 0.15) is 0 Å². The number of nitro benzene ring substituents is 1. The minimum atomic E-state index is -0.363. The second-order valence-electron chi connectivity index (χ2n) is 9.52. The summed E-state index contributed by atoms with van der Waals surface area (Å²) in [5.41, 5.74) is 3.87. The van der Waals surface area contributed by atoms with Gasteiger partial charge in [-0.1, -0.05) is 65.9 Å². The van der Waals surface area contributed by atoms with Crippen molar-refractivity contribution in [3.05, 3.63) is 106 Å². The number of nitrogens with zero attached hydrogens (tertiary/aromatic N) is 4. The van der Waals surface area contributed by atoms with E-state index in [-0.39, 0.29) is 28.1 Å². The molecule has 0 saturated heterocycles. The van der Waals surface area contributed by atoms with Gasteiger partial charge in [0.2, 0.25) is 0 Å². The molecule has 0 radical (unpaired) electrons. The number of nitro groups is 1. The van der Waals surface area contributed by atoms with Crippen molar-refractivity contribution in [2.24, 2.45) is 34.0 Å². The van der Waals surface area contributed by atoms with E-state index in [1.165, 1.54) is 17.5 Å². The minimum Gasteiger partial charge on any atom is -0.258 e. The van der Waals surface area contributed by atoms with Crippen molar-refractivity contribution in [2.45, 2.75) is 23.9 Å². The monoisotopic (exact) mass is 422 g/mol. The van der Waals surface area contributed by atoms with E-state index in [1.807, 2.05) is 5.01 Å². The number of rotatable bonds is 4. The van der Waals surface area contributed by atoms with Crippen LogP contribution < -0.4 is 5.01 Å². The first-order chi connectivity index (χ1) is 15.7. The van der Waals surface area contributed by atoms with Crippen molar-refractivity contribution in [3.8, 4) is 0 Å². The van der Waals surface area contributed by atoms with Crippen LogP contribution in [0.2, 0.25) is 0 Å². The Bertz CT molecular complexity index is 1190. The number of fused-ring (bicyclic) bond motifs is 8. The molecule has 7 rings (SSSR count). The third kappa shape index (κ3) is 2.14. The topological polar surface area (TPSA) is 71.1 Å². The van der Waals surface area contributed by atoms with E-state index < -0.39 is 0 Å². The molecule has 3 saturated carbocycles. The third-order valence-electron chi connectivity index (χ3n) is 8.42. The average Bonchev–Trinajstić information content (AvgIpc) is 3.14. The van der Waals surface area contributed by atoms with Crippen LogP contribution in [0.4, 0.5) is 11.4 Å². The van der Waals surface area contributed by atoms with Crippen molar-refractivity contribution in [2.75, 3.05) is 5.01 Å². The lowest BCUT2D eigenvalue weighted by Crippen LogP contribution is -2.40. The molecule has 158 valence electrons. The SMILES string of the molecule is O=[N+]([O-])c1ccc(N2N=N[C@@H]3[C@H]4C[C@@H]([C@@H]32)[C@H]2[C@H]4C2(c2ccccc2)c2ccccc2)cc1. The summed E-state index contributed by atoms with van der Waals surface area (Å²) in [6.07, 6.45) is 1.19. The predicted octanol–water partition coefficient (Wildman–Crippen LogP) is 5.40. The molecule has 4 aliphatic rings. The van der Waals surface area contributed by atoms with Crippen LogP contribution >= 0.6 is 0 Å². The molecule has 6 nitrogen and oxygen atoms in total. The predicted molar refractivity (Wildman–Crippen MR) is 120 cm³/mol. The number of hydrogen-bond acceptors (Lipinski definition) is 5. The van der Waals surface area contributed by atoms with E-state index in [0.717, 1.165) is 5.69 Å². The highest BCUT2D eigenvalue weighted by atomic mass is 16.6.